The molecule has 0 radical (unpaired) electrons. The van der Waals surface area contributed by atoms with Crippen molar-refractivity contribution < 1.29 is 67.2 Å². The van der Waals surface area contributed by atoms with Gasteiger partial charge >= 0.3 is 5.97 Å². The van der Waals surface area contributed by atoms with E-state index in [-0.39, 0.29) is 102 Å². The monoisotopic (exact) mass is 1120 g/mol. The predicted molar refractivity (Wildman–Crippen MR) is 303 cm³/mol. The molecule has 0 fully saturated rings. The molecule has 0 aliphatic rings. The number of carboxylic acids is 1. The van der Waals surface area contributed by atoms with Crippen LogP contribution in [0.25, 0.3) is 0 Å². The highest BCUT2D eigenvalue weighted by Gasteiger charge is 2.29. The first-order valence-electron chi connectivity index (χ1n) is 26.9. The first-order chi connectivity index (χ1) is 38.8. The number of amides is 4. The van der Waals surface area contributed by atoms with E-state index in [0.29, 0.717) is 80.4 Å². The Morgan fingerprint density at radius 3 is 1.04 bits per heavy atom. The minimum Gasteiger partial charge on any atom is -0.496 e. The van der Waals surface area contributed by atoms with Crippen LogP contribution in [0.1, 0.15) is 134 Å². The summed E-state index contributed by atoms with van der Waals surface area (Å²) >= 11 is 0. The predicted octanol–water partition coefficient (Wildman–Crippen LogP) is 3.24. The number of rotatable bonds is 38. The van der Waals surface area contributed by atoms with Gasteiger partial charge in [0.15, 0.2) is 23.1 Å². The number of hydrogen-bond donors (Lipinski definition) is 9. The Bertz CT molecular complexity index is 2860. The number of nitrogens with one attached hydrogen (secondary N) is 3. The molecule has 22 nitrogen and oxygen atoms in total. The Labute approximate surface area is 471 Å². The summed E-state index contributed by atoms with van der Waals surface area (Å²) in [6.07, 6.45) is 2.89. The average Bonchev–Trinajstić information content (AvgIpc) is 3.46. The second-order valence-corrected chi connectivity index (χ2v) is 19.5. The lowest BCUT2D eigenvalue weighted by Crippen LogP contribution is -2.42. The van der Waals surface area contributed by atoms with Crippen LogP contribution in [0.15, 0.2) is 72.8 Å². The summed E-state index contributed by atoms with van der Waals surface area (Å²) in [5.74, 6) is -5.00. The van der Waals surface area contributed by atoms with Crippen molar-refractivity contribution in [3.63, 3.8) is 0 Å². The van der Waals surface area contributed by atoms with Gasteiger partial charge in [-0.05, 0) is 148 Å². The average molecular weight is 1120 g/mol. The fraction of sp³-hybridized carbons (Fsp3) is 0.441. The number of Topliss-reactive ketones (excluding diaryl/α,β-unsaturated/α-hetero) is 4. The number of primary amides is 1. The van der Waals surface area contributed by atoms with Crippen molar-refractivity contribution in [1.29, 1.82) is 0 Å². The molecule has 0 bridgehead atoms. The molecule has 0 aliphatic carbocycles. The van der Waals surface area contributed by atoms with Gasteiger partial charge in [-0.2, -0.15) is 0 Å². The van der Waals surface area contributed by atoms with Crippen LogP contribution in [-0.4, -0.2) is 130 Å². The van der Waals surface area contributed by atoms with Crippen LogP contribution in [0.2, 0.25) is 0 Å². The van der Waals surface area contributed by atoms with Gasteiger partial charge in [-0.15, -0.1) is 0 Å². The maximum Gasteiger partial charge on any atom is 0.303 e. The number of carbonyl (C=O) groups excluding carboxylic acids is 8. The van der Waals surface area contributed by atoms with Crippen LogP contribution in [0, 0.1) is 0 Å². The summed E-state index contributed by atoms with van der Waals surface area (Å²) in [6.45, 7) is 1.17. The fourth-order valence-corrected chi connectivity index (χ4v) is 9.06. The summed E-state index contributed by atoms with van der Waals surface area (Å²) in [7, 11) is 5.44. The summed E-state index contributed by atoms with van der Waals surface area (Å²) in [6, 6.07) is 14.2. The third-order valence-electron chi connectivity index (χ3n) is 13.6. The molecule has 0 spiro atoms. The molecule has 81 heavy (non-hydrogen) atoms. The highest BCUT2D eigenvalue weighted by molar-refractivity contribution is 6.03. The number of carboxylic acid groups (broad SMARTS) is 1. The number of carbonyl (C=O) groups is 9. The van der Waals surface area contributed by atoms with E-state index in [4.69, 9.17) is 47.6 Å². The van der Waals surface area contributed by atoms with Gasteiger partial charge in [0.25, 0.3) is 23.6 Å². The molecule has 22 heteroatoms. The van der Waals surface area contributed by atoms with E-state index in [2.05, 4.69) is 16.0 Å². The lowest BCUT2D eigenvalue weighted by atomic mass is 9.95. The van der Waals surface area contributed by atoms with Crippen LogP contribution >= 0.6 is 0 Å². The van der Waals surface area contributed by atoms with Gasteiger partial charge in [-0.25, -0.2) is 0 Å². The number of ether oxygens (including phenoxy) is 4. The number of benzene rings is 4. The van der Waals surface area contributed by atoms with Crippen molar-refractivity contribution in [2.75, 3.05) is 48.1 Å². The molecule has 0 unspecified atom stereocenters. The van der Waals surface area contributed by atoms with Crippen LogP contribution in [0.4, 0.5) is 0 Å². The zero-order valence-corrected chi connectivity index (χ0v) is 46.6. The second kappa shape index (κ2) is 33.5. The van der Waals surface area contributed by atoms with Gasteiger partial charge in [-0.3, -0.25) is 43.2 Å². The lowest BCUT2D eigenvalue weighted by molar-refractivity contribution is -0.137. The molecule has 14 N–H and O–H groups in total. The first kappa shape index (κ1) is 65.5. The maximum atomic E-state index is 14.3. The molecule has 4 aromatic carbocycles. The Morgan fingerprint density at radius 1 is 0.432 bits per heavy atom. The lowest BCUT2D eigenvalue weighted by Gasteiger charge is -2.21. The number of unbranched alkanes of at least 4 members (excludes halogenated alkanes) is 3. The summed E-state index contributed by atoms with van der Waals surface area (Å²) in [5, 5.41) is 17.8. The van der Waals surface area contributed by atoms with Crippen molar-refractivity contribution in [1.82, 2.24) is 16.0 Å². The molecular formula is C59H78N8O14. The molecular weight excluding hydrogens is 1040 g/mol. The Hall–Kier alpha value is -8.05. The molecule has 438 valence electrons. The first-order valence-corrected chi connectivity index (χ1v) is 26.9. The normalized spacial score (nSPS) is 12.4. The van der Waals surface area contributed by atoms with E-state index < -0.39 is 71.8 Å². The van der Waals surface area contributed by atoms with Crippen LogP contribution < -0.4 is 63.6 Å². The largest absolute Gasteiger partial charge is 0.496 e. The zero-order chi connectivity index (χ0) is 59.6. The number of hydrogen-bond acceptors (Lipinski definition) is 17. The van der Waals surface area contributed by atoms with Gasteiger partial charge in [0.1, 0.15) is 23.0 Å². The van der Waals surface area contributed by atoms with Crippen molar-refractivity contribution in [2.24, 2.45) is 28.7 Å². The summed E-state index contributed by atoms with van der Waals surface area (Å²) < 4.78 is 21.7. The van der Waals surface area contributed by atoms with Crippen LogP contribution in [0.5, 0.6) is 23.0 Å². The molecule has 4 aromatic rings. The summed E-state index contributed by atoms with van der Waals surface area (Å²) in [5.41, 5.74) is 30.6. The number of ketones is 4. The van der Waals surface area contributed by atoms with Crippen molar-refractivity contribution in [2.45, 2.75) is 120 Å². The van der Waals surface area contributed by atoms with Crippen LogP contribution in [0.3, 0.4) is 0 Å². The molecule has 0 saturated carbocycles. The highest BCUT2D eigenvalue weighted by Crippen LogP contribution is 2.26. The zero-order valence-electron chi connectivity index (χ0n) is 46.6. The molecule has 4 atom stereocenters. The second-order valence-electron chi connectivity index (χ2n) is 19.5. The molecule has 0 saturated heterocycles. The SMILES string of the molecule is COc1ccc(CC(=O)[C@H](CCC(=O)O)NC(=O)c2cc(CC(=O)[C@H](CCCCN)NC(=O)c3cc(CC(=O)[C@H](CCCCN)NC(=O)c4cc(CC(=O)[C@@H](N)CCCCN)ccc4OC)ccc3OC)ccc2OC)cc1C(N)=O. The number of nitrogens with two attached hydrogens (primary N) is 5. The molecule has 0 aliphatic heterocycles. The maximum absolute atomic E-state index is 14.3. The third kappa shape index (κ3) is 20.2. The van der Waals surface area contributed by atoms with E-state index in [0.717, 1.165) is 6.42 Å². The Kier molecular flexibility index (Phi) is 27.1. The quantitative estimate of drug-likeness (QED) is 0.0291. The van der Waals surface area contributed by atoms with Gasteiger partial charge in [0.2, 0.25) is 0 Å². The minimum absolute atomic E-state index is 0.0169. The Balaban J connectivity index is 1.55. The van der Waals surface area contributed by atoms with E-state index in [1.54, 1.807) is 30.3 Å². The molecule has 4 amide bonds. The van der Waals surface area contributed by atoms with E-state index in [1.807, 2.05) is 0 Å². The highest BCUT2D eigenvalue weighted by atomic mass is 16.5. The standard InChI is InChI=1S/C59H78N8O14/c1-78-51-19-14-35(27-39(51)56(64)74)32-50(71)46(18-23-55(72)73)67-59(77)42-30-38(17-22-54(42)81-4)34-49(70)45(13-7-10-26-62)66-58(76)41-29-37(16-21-53(41)80-3)33-48(69)44(12-6-9-25-61)65-57(75)40-28-36(15-20-52(40)79-2)31-47(68)43(63)11-5-8-24-60/h14-17,19-22,27-30,43-46H,5-13,18,23-26,31-34,60-63H2,1-4H3,(H2,64,74)(H,65,75)(H,66,76)(H,67,77)(H,72,73)/t43-,44-,45-,46-/m0/s1. The third-order valence-corrected chi connectivity index (χ3v) is 13.6. The summed E-state index contributed by atoms with van der Waals surface area (Å²) in [4.78, 5) is 121. The van der Waals surface area contributed by atoms with Crippen molar-refractivity contribution >= 4 is 52.7 Å². The van der Waals surface area contributed by atoms with Gasteiger partial charge in [-0.1, -0.05) is 30.7 Å². The van der Waals surface area contributed by atoms with E-state index in [9.17, 15) is 48.3 Å². The van der Waals surface area contributed by atoms with Crippen LogP contribution in [-0.2, 0) is 49.7 Å². The minimum atomic E-state index is -1.30. The molecule has 0 heterocycles. The van der Waals surface area contributed by atoms with Gasteiger partial charge in [0, 0.05) is 32.1 Å². The van der Waals surface area contributed by atoms with Gasteiger partial charge < -0.3 is 68.7 Å². The van der Waals surface area contributed by atoms with Crippen molar-refractivity contribution in [3.8, 4) is 23.0 Å². The van der Waals surface area contributed by atoms with E-state index >= 15 is 0 Å². The fourth-order valence-electron chi connectivity index (χ4n) is 9.06. The molecule has 0 aromatic heterocycles. The molecule has 4 rings (SSSR count). The topological polar surface area (TPSA) is 377 Å². The number of aliphatic carboxylic acids is 1. The van der Waals surface area contributed by atoms with Gasteiger partial charge in [0.05, 0.1) is 74.9 Å². The number of methoxy groups -OCH3 is 4. The Morgan fingerprint density at radius 2 is 0.728 bits per heavy atom. The van der Waals surface area contributed by atoms with Crippen molar-refractivity contribution in [3.05, 3.63) is 117 Å². The van der Waals surface area contributed by atoms with E-state index in [1.165, 1.54) is 70.9 Å². The smallest absolute Gasteiger partial charge is 0.303 e.